The first-order valence-corrected chi connectivity index (χ1v) is 11.1. The summed E-state index contributed by atoms with van der Waals surface area (Å²) in [5.41, 5.74) is 9.88. The third-order valence-electron chi connectivity index (χ3n) is 6.28. The zero-order valence-electron chi connectivity index (χ0n) is 18.0. The molecule has 2 atom stereocenters. The van der Waals surface area contributed by atoms with Gasteiger partial charge in [0, 0.05) is 18.5 Å². The number of nitrogens with one attached hydrogen (secondary N) is 1. The smallest absolute Gasteiger partial charge is 0.272 e. The van der Waals surface area contributed by atoms with Gasteiger partial charge in [-0.1, -0.05) is 67.8 Å². The van der Waals surface area contributed by atoms with Crippen LogP contribution in [0.15, 0.2) is 59.6 Å². The highest BCUT2D eigenvalue weighted by molar-refractivity contribution is 6.14. The molecule has 2 aromatic rings. The fourth-order valence-electron chi connectivity index (χ4n) is 4.55. The molecule has 1 aliphatic carbocycles. The summed E-state index contributed by atoms with van der Waals surface area (Å²) in [4.78, 5) is 32.5. The minimum absolute atomic E-state index is 0.251. The summed E-state index contributed by atoms with van der Waals surface area (Å²) >= 11 is 0. The van der Waals surface area contributed by atoms with E-state index in [1.807, 2.05) is 54.6 Å². The second-order valence-electron chi connectivity index (χ2n) is 8.47. The van der Waals surface area contributed by atoms with Crippen LogP contribution in [0, 0.1) is 5.92 Å². The summed E-state index contributed by atoms with van der Waals surface area (Å²) < 4.78 is 0. The van der Waals surface area contributed by atoms with Gasteiger partial charge < -0.3 is 16.0 Å². The van der Waals surface area contributed by atoms with Crippen LogP contribution in [0.25, 0.3) is 0 Å². The molecule has 2 aliphatic rings. The summed E-state index contributed by atoms with van der Waals surface area (Å²) in [5.74, 6) is -0.321. The molecule has 6 nitrogen and oxygen atoms in total. The second kappa shape index (κ2) is 9.43. The van der Waals surface area contributed by atoms with Gasteiger partial charge in [-0.15, -0.1) is 0 Å². The molecular formula is C25H30N4O2. The number of fused-ring (bicyclic) bond motifs is 1. The highest BCUT2D eigenvalue weighted by atomic mass is 16.2. The van der Waals surface area contributed by atoms with Crippen LogP contribution in [0.2, 0.25) is 0 Å². The van der Waals surface area contributed by atoms with E-state index in [1.54, 1.807) is 11.9 Å². The maximum absolute atomic E-state index is 13.2. The molecule has 1 saturated carbocycles. The summed E-state index contributed by atoms with van der Waals surface area (Å²) in [5, 5.41) is 2.82. The van der Waals surface area contributed by atoms with Gasteiger partial charge in [-0.05, 0) is 30.9 Å². The Balaban J connectivity index is 1.60. The first-order chi connectivity index (χ1) is 15.0. The van der Waals surface area contributed by atoms with Crippen molar-refractivity contribution in [1.82, 2.24) is 5.32 Å². The quantitative estimate of drug-likeness (QED) is 0.782. The molecule has 162 valence electrons. The molecular weight excluding hydrogens is 388 g/mol. The summed E-state index contributed by atoms with van der Waals surface area (Å²) in [6.07, 6.45) is 5.10. The van der Waals surface area contributed by atoms with Crippen LogP contribution in [0.1, 0.15) is 43.2 Å². The van der Waals surface area contributed by atoms with Crippen LogP contribution < -0.4 is 16.0 Å². The van der Waals surface area contributed by atoms with E-state index < -0.39 is 12.2 Å². The zero-order valence-corrected chi connectivity index (χ0v) is 18.0. The monoisotopic (exact) mass is 418 g/mol. The Morgan fingerprint density at radius 3 is 2.52 bits per heavy atom. The van der Waals surface area contributed by atoms with Crippen LogP contribution in [0.5, 0.6) is 0 Å². The SMILES string of the molecule is CN1C(=O)[C@H](NC(=O)[C@H](N)Cc2ccccc2)N=C(C2CCCCC2)c2ccccc21. The first-order valence-electron chi connectivity index (χ1n) is 11.1. The number of carbonyl (C=O) groups excluding carboxylic acids is 2. The van der Waals surface area contributed by atoms with Crippen LogP contribution in [-0.2, 0) is 16.0 Å². The van der Waals surface area contributed by atoms with Crippen molar-refractivity contribution in [2.24, 2.45) is 16.6 Å². The predicted octanol–water partition coefficient (Wildman–Crippen LogP) is 3.04. The normalized spacial score (nSPS) is 20.5. The van der Waals surface area contributed by atoms with Crippen molar-refractivity contribution >= 4 is 23.2 Å². The predicted molar refractivity (Wildman–Crippen MR) is 123 cm³/mol. The van der Waals surface area contributed by atoms with Crippen molar-refractivity contribution in [2.75, 3.05) is 11.9 Å². The van der Waals surface area contributed by atoms with Gasteiger partial charge in [0.05, 0.1) is 17.4 Å². The number of anilines is 1. The van der Waals surface area contributed by atoms with E-state index in [1.165, 1.54) is 6.42 Å². The van der Waals surface area contributed by atoms with Crippen molar-refractivity contribution < 1.29 is 9.59 Å². The van der Waals surface area contributed by atoms with Gasteiger partial charge in [-0.2, -0.15) is 0 Å². The topological polar surface area (TPSA) is 87.8 Å². The number of hydrogen-bond donors (Lipinski definition) is 2. The molecule has 4 rings (SSSR count). The van der Waals surface area contributed by atoms with E-state index in [2.05, 4.69) is 5.32 Å². The molecule has 0 saturated heterocycles. The molecule has 6 heteroatoms. The van der Waals surface area contributed by atoms with Crippen molar-refractivity contribution in [3.63, 3.8) is 0 Å². The highest BCUT2D eigenvalue weighted by Gasteiger charge is 2.34. The maximum atomic E-state index is 13.2. The maximum Gasteiger partial charge on any atom is 0.272 e. The van der Waals surface area contributed by atoms with Crippen molar-refractivity contribution in [3.05, 3.63) is 65.7 Å². The van der Waals surface area contributed by atoms with Gasteiger partial charge >= 0.3 is 0 Å². The van der Waals surface area contributed by atoms with Gasteiger partial charge in [0.1, 0.15) is 0 Å². The lowest BCUT2D eigenvalue weighted by atomic mass is 9.83. The van der Waals surface area contributed by atoms with Crippen molar-refractivity contribution in [1.29, 1.82) is 0 Å². The van der Waals surface area contributed by atoms with Gasteiger partial charge in [0.15, 0.2) is 0 Å². The Kier molecular flexibility index (Phi) is 6.47. The van der Waals surface area contributed by atoms with Crippen LogP contribution >= 0.6 is 0 Å². The third-order valence-corrected chi connectivity index (χ3v) is 6.28. The molecule has 31 heavy (non-hydrogen) atoms. The van der Waals surface area contributed by atoms with Gasteiger partial charge in [0.25, 0.3) is 5.91 Å². The second-order valence-corrected chi connectivity index (χ2v) is 8.47. The molecule has 0 unspecified atom stereocenters. The standard InChI is InChI=1S/C25H30N4O2/c1-29-21-15-9-8-14-19(21)22(18-12-6-3-7-13-18)27-23(25(29)31)28-24(30)20(26)16-17-10-4-2-5-11-17/h2,4-5,8-11,14-15,18,20,23H,3,6-7,12-13,16,26H2,1H3,(H,28,30)/t20-,23+/m1/s1. The molecule has 3 N–H and O–H groups in total. The molecule has 1 fully saturated rings. The number of benzodiazepines with no additional fused rings is 1. The van der Waals surface area contributed by atoms with Crippen LogP contribution in [0.4, 0.5) is 5.69 Å². The lowest BCUT2D eigenvalue weighted by Gasteiger charge is -2.25. The van der Waals surface area contributed by atoms with Crippen LogP contribution in [0.3, 0.4) is 0 Å². The van der Waals surface area contributed by atoms with Crippen molar-refractivity contribution in [2.45, 2.75) is 50.7 Å². The fourth-order valence-corrected chi connectivity index (χ4v) is 4.55. The lowest BCUT2D eigenvalue weighted by molar-refractivity contribution is -0.128. The average molecular weight is 419 g/mol. The number of rotatable bonds is 5. The highest BCUT2D eigenvalue weighted by Crippen LogP contribution is 2.33. The molecule has 2 aromatic carbocycles. The number of benzene rings is 2. The average Bonchev–Trinajstić information content (AvgIpc) is 2.91. The number of aliphatic imine (C=N–C) groups is 1. The van der Waals surface area contributed by atoms with Crippen LogP contribution in [-0.4, -0.2) is 36.8 Å². The summed E-state index contributed by atoms with van der Waals surface area (Å²) in [7, 11) is 1.74. The fraction of sp³-hybridized carbons (Fsp3) is 0.400. The molecule has 0 spiro atoms. The number of hydrogen-bond acceptors (Lipinski definition) is 4. The number of nitrogens with zero attached hydrogens (tertiary/aromatic N) is 2. The summed E-state index contributed by atoms with van der Waals surface area (Å²) in [6, 6.07) is 16.8. The molecule has 0 aromatic heterocycles. The Bertz CT molecular complexity index is 966. The number of nitrogens with two attached hydrogens (primary N) is 1. The Labute approximate surface area is 183 Å². The van der Waals surface area contributed by atoms with Gasteiger partial charge in [-0.3, -0.25) is 14.6 Å². The number of likely N-dealkylation sites (N-methyl/N-ethyl adjacent to an activating group) is 1. The van der Waals surface area contributed by atoms with E-state index in [0.717, 1.165) is 48.2 Å². The molecule has 1 aliphatic heterocycles. The Hall–Kier alpha value is -2.99. The molecule has 0 bridgehead atoms. The van der Waals surface area contributed by atoms with E-state index in [-0.39, 0.29) is 11.8 Å². The van der Waals surface area contributed by atoms with E-state index >= 15 is 0 Å². The minimum atomic E-state index is -0.969. The zero-order chi connectivity index (χ0) is 21.8. The number of carbonyl (C=O) groups is 2. The third kappa shape index (κ3) is 4.69. The minimum Gasteiger partial charge on any atom is -0.325 e. The Morgan fingerprint density at radius 1 is 1.10 bits per heavy atom. The number of para-hydroxylation sites is 1. The molecule has 0 radical (unpaired) electrons. The van der Waals surface area contributed by atoms with E-state index in [0.29, 0.717) is 12.3 Å². The van der Waals surface area contributed by atoms with Gasteiger partial charge in [-0.25, -0.2) is 0 Å². The molecule has 1 heterocycles. The van der Waals surface area contributed by atoms with Gasteiger partial charge in [0.2, 0.25) is 12.1 Å². The van der Waals surface area contributed by atoms with Crippen molar-refractivity contribution in [3.8, 4) is 0 Å². The van der Waals surface area contributed by atoms with E-state index in [9.17, 15) is 9.59 Å². The largest absolute Gasteiger partial charge is 0.325 e. The summed E-state index contributed by atoms with van der Waals surface area (Å²) in [6.45, 7) is 0. The first kappa shape index (κ1) is 21.2. The molecule has 2 amide bonds. The Morgan fingerprint density at radius 2 is 1.77 bits per heavy atom. The number of amides is 2. The lowest BCUT2D eigenvalue weighted by Crippen LogP contribution is -2.51. The van der Waals surface area contributed by atoms with E-state index in [4.69, 9.17) is 10.7 Å².